The molecule has 7 heteroatoms. The van der Waals surface area contributed by atoms with Crippen LogP contribution in [0, 0.1) is 11.6 Å². The summed E-state index contributed by atoms with van der Waals surface area (Å²) in [6, 6.07) is 20.3. The number of fused-ring (bicyclic) bond motifs is 1. The number of aromatic nitrogens is 1. The van der Waals surface area contributed by atoms with Gasteiger partial charge < -0.3 is 14.6 Å². The summed E-state index contributed by atoms with van der Waals surface area (Å²) in [7, 11) is 1.98. The highest BCUT2D eigenvalue weighted by molar-refractivity contribution is 7.80. The first kappa shape index (κ1) is 22.5. The van der Waals surface area contributed by atoms with Crippen molar-refractivity contribution in [3.63, 3.8) is 0 Å². The molecule has 0 radical (unpaired) electrons. The first-order valence-corrected chi connectivity index (χ1v) is 11.6. The van der Waals surface area contributed by atoms with Gasteiger partial charge in [-0.2, -0.15) is 0 Å². The van der Waals surface area contributed by atoms with Crippen molar-refractivity contribution in [2.24, 2.45) is 7.05 Å². The number of benzene rings is 3. The van der Waals surface area contributed by atoms with Crippen LogP contribution in [0.4, 0.5) is 8.78 Å². The maximum absolute atomic E-state index is 13.6. The number of piperazine rings is 1. The van der Waals surface area contributed by atoms with Crippen molar-refractivity contribution in [3.05, 3.63) is 101 Å². The Morgan fingerprint density at radius 2 is 1.38 bits per heavy atom. The van der Waals surface area contributed by atoms with Gasteiger partial charge in [-0.25, -0.2) is 8.78 Å². The van der Waals surface area contributed by atoms with Crippen molar-refractivity contribution < 1.29 is 13.9 Å². The van der Waals surface area contributed by atoms with E-state index in [0.29, 0.717) is 0 Å². The molecular weight excluding hydrogens is 452 g/mol. The van der Waals surface area contributed by atoms with E-state index in [2.05, 4.69) is 14.4 Å². The van der Waals surface area contributed by atoms with Crippen LogP contribution in [0.25, 0.3) is 10.9 Å². The summed E-state index contributed by atoms with van der Waals surface area (Å²) >= 11 is 5.86. The van der Waals surface area contributed by atoms with Crippen molar-refractivity contribution >= 4 is 28.1 Å². The maximum Gasteiger partial charge on any atom is 0.126 e. The van der Waals surface area contributed by atoms with Crippen LogP contribution in [-0.4, -0.2) is 50.6 Å². The summed E-state index contributed by atoms with van der Waals surface area (Å²) in [5.74, 6) is -0.322. The Morgan fingerprint density at radius 3 is 1.94 bits per heavy atom. The van der Waals surface area contributed by atoms with E-state index >= 15 is 0 Å². The van der Waals surface area contributed by atoms with Gasteiger partial charge in [-0.1, -0.05) is 36.5 Å². The molecule has 0 atom stereocenters. The second-order valence-electron chi connectivity index (χ2n) is 8.67. The highest BCUT2D eigenvalue weighted by Gasteiger charge is 2.28. The minimum Gasteiger partial charge on any atom is -0.508 e. The lowest BCUT2D eigenvalue weighted by atomic mass is 9.96. The van der Waals surface area contributed by atoms with Crippen LogP contribution in [0.1, 0.15) is 22.9 Å². The van der Waals surface area contributed by atoms with Gasteiger partial charge in [0.05, 0.1) is 11.7 Å². The number of hydrogen-bond donors (Lipinski definition) is 1. The molecule has 0 spiro atoms. The smallest absolute Gasteiger partial charge is 0.126 e. The summed E-state index contributed by atoms with van der Waals surface area (Å²) in [5, 5.41) is 10.8. The van der Waals surface area contributed by atoms with Crippen LogP contribution < -0.4 is 0 Å². The predicted molar refractivity (Wildman–Crippen MR) is 134 cm³/mol. The number of halogens is 2. The summed E-state index contributed by atoms with van der Waals surface area (Å²) in [6.45, 7) is 2.99. The van der Waals surface area contributed by atoms with E-state index in [1.807, 2.05) is 19.2 Å². The summed E-state index contributed by atoms with van der Waals surface area (Å²) < 4.78 is 29.2. The Morgan fingerprint density at radius 1 is 0.824 bits per heavy atom. The minimum absolute atomic E-state index is 0.0995. The Hall–Kier alpha value is -3.29. The third-order valence-electron chi connectivity index (χ3n) is 6.58. The number of hydrogen-bond acceptors (Lipinski definition) is 3. The summed E-state index contributed by atoms with van der Waals surface area (Å²) in [6.07, 6.45) is 0. The Kier molecular flexibility index (Phi) is 6.06. The standard InChI is InChI=1S/C27H25F2N3OS/c1-30-24-11-10-23(33)16-20(24)17-25(30)27(34)32-14-12-31(13-15-32)26(18-2-6-21(28)7-3-18)19-4-8-22(29)9-5-19/h2-11,16-17,26,33H,12-15H2,1H3. The van der Waals surface area contributed by atoms with Crippen molar-refractivity contribution in [1.29, 1.82) is 0 Å². The van der Waals surface area contributed by atoms with Gasteiger partial charge in [0.2, 0.25) is 0 Å². The summed E-state index contributed by atoms with van der Waals surface area (Å²) in [4.78, 5) is 5.31. The van der Waals surface area contributed by atoms with Crippen LogP contribution in [0.3, 0.4) is 0 Å². The molecule has 2 heterocycles. The van der Waals surface area contributed by atoms with Gasteiger partial charge in [0, 0.05) is 44.1 Å². The monoisotopic (exact) mass is 477 g/mol. The summed E-state index contributed by atoms with van der Waals surface area (Å²) in [5.41, 5.74) is 3.90. The molecule has 3 aromatic carbocycles. The van der Waals surface area contributed by atoms with Crippen molar-refractivity contribution in [3.8, 4) is 5.75 Å². The van der Waals surface area contributed by atoms with E-state index in [1.165, 1.54) is 24.3 Å². The van der Waals surface area contributed by atoms with E-state index in [-0.39, 0.29) is 23.4 Å². The number of thiocarbonyl (C=S) groups is 1. The molecule has 0 bridgehead atoms. The zero-order chi connectivity index (χ0) is 23.8. The third kappa shape index (κ3) is 4.29. The van der Waals surface area contributed by atoms with Gasteiger partial charge in [-0.05, 0) is 59.7 Å². The van der Waals surface area contributed by atoms with Gasteiger partial charge in [-0.15, -0.1) is 0 Å². The second kappa shape index (κ2) is 9.16. The maximum atomic E-state index is 13.6. The van der Waals surface area contributed by atoms with E-state index < -0.39 is 0 Å². The van der Waals surface area contributed by atoms with Crippen LogP contribution in [0.5, 0.6) is 5.75 Å². The predicted octanol–water partition coefficient (Wildman–Crippen LogP) is 5.24. The largest absolute Gasteiger partial charge is 0.508 e. The van der Waals surface area contributed by atoms with Crippen LogP contribution >= 0.6 is 12.2 Å². The normalized spacial score (nSPS) is 14.8. The van der Waals surface area contributed by atoms with Crippen LogP contribution in [0.15, 0.2) is 72.8 Å². The molecule has 1 aliphatic heterocycles. The molecule has 34 heavy (non-hydrogen) atoms. The number of rotatable bonds is 4. The van der Waals surface area contributed by atoms with Gasteiger partial charge in [0.1, 0.15) is 22.4 Å². The average molecular weight is 478 g/mol. The molecule has 174 valence electrons. The fourth-order valence-corrected chi connectivity index (χ4v) is 5.17. The van der Waals surface area contributed by atoms with Gasteiger partial charge in [0.25, 0.3) is 0 Å². The highest BCUT2D eigenvalue weighted by Crippen LogP contribution is 2.31. The second-order valence-corrected chi connectivity index (χ2v) is 9.05. The molecule has 1 saturated heterocycles. The van der Waals surface area contributed by atoms with Gasteiger partial charge >= 0.3 is 0 Å². The van der Waals surface area contributed by atoms with E-state index in [0.717, 1.165) is 58.9 Å². The lowest BCUT2D eigenvalue weighted by molar-refractivity contribution is 0.151. The number of phenols is 1. The number of phenolic OH excluding ortho intramolecular Hbond substituents is 1. The Balaban J connectivity index is 1.37. The minimum atomic E-state index is -0.278. The highest BCUT2D eigenvalue weighted by atomic mass is 32.1. The molecule has 1 N–H and O–H groups in total. The van der Waals surface area contributed by atoms with Gasteiger partial charge in [0.15, 0.2) is 0 Å². The van der Waals surface area contributed by atoms with E-state index in [9.17, 15) is 13.9 Å². The van der Waals surface area contributed by atoms with E-state index in [4.69, 9.17) is 12.2 Å². The fourth-order valence-electron chi connectivity index (χ4n) is 4.79. The topological polar surface area (TPSA) is 31.6 Å². The van der Waals surface area contributed by atoms with Crippen LogP contribution in [0.2, 0.25) is 0 Å². The van der Waals surface area contributed by atoms with E-state index in [1.54, 1.807) is 36.4 Å². The third-order valence-corrected chi connectivity index (χ3v) is 7.05. The molecule has 0 aliphatic carbocycles. The molecule has 4 nitrogen and oxygen atoms in total. The molecule has 5 rings (SSSR count). The van der Waals surface area contributed by atoms with Crippen molar-refractivity contribution in [2.75, 3.05) is 26.2 Å². The SMILES string of the molecule is Cn1c(C(=S)N2CCN(C(c3ccc(F)cc3)c3ccc(F)cc3)CC2)cc2cc(O)ccc21. The molecule has 0 saturated carbocycles. The molecule has 0 unspecified atom stereocenters. The molecule has 1 aromatic heterocycles. The lowest BCUT2D eigenvalue weighted by Gasteiger charge is -2.40. The quantitative estimate of drug-likeness (QED) is 0.407. The van der Waals surface area contributed by atoms with Crippen molar-refractivity contribution in [1.82, 2.24) is 14.4 Å². The molecular formula is C27H25F2N3OS. The number of aryl methyl sites for hydroxylation is 1. The molecule has 0 amide bonds. The van der Waals surface area contributed by atoms with Gasteiger partial charge in [-0.3, -0.25) is 4.90 Å². The first-order valence-electron chi connectivity index (χ1n) is 11.2. The number of aromatic hydroxyl groups is 1. The zero-order valence-corrected chi connectivity index (χ0v) is 19.6. The Bertz CT molecular complexity index is 1280. The fraction of sp³-hybridized carbons (Fsp3) is 0.222. The Labute approximate surface area is 202 Å². The molecule has 4 aromatic rings. The van der Waals surface area contributed by atoms with Crippen molar-refractivity contribution in [2.45, 2.75) is 6.04 Å². The number of nitrogens with zero attached hydrogens (tertiary/aromatic N) is 3. The van der Waals surface area contributed by atoms with Crippen LogP contribution in [-0.2, 0) is 7.05 Å². The zero-order valence-electron chi connectivity index (χ0n) is 18.8. The molecule has 1 fully saturated rings. The molecule has 1 aliphatic rings. The average Bonchev–Trinajstić information content (AvgIpc) is 3.17. The lowest BCUT2D eigenvalue weighted by Crippen LogP contribution is -2.49. The first-order chi connectivity index (χ1) is 16.4.